The Bertz CT molecular complexity index is 457. The minimum atomic E-state index is -4.93. The highest BCUT2D eigenvalue weighted by molar-refractivity contribution is 7.84. The maximum Gasteiger partial charge on any atom is 0.406 e. The first-order valence-corrected chi connectivity index (χ1v) is 7.88. The van der Waals surface area contributed by atoms with E-state index in [1.54, 1.807) is 6.92 Å². The molecular formula is C11H17F3N2O4S. The monoisotopic (exact) mass is 330 g/mol. The molecule has 1 rings (SSSR count). The van der Waals surface area contributed by atoms with Gasteiger partial charge in [0, 0.05) is 41.9 Å². The molecule has 21 heavy (non-hydrogen) atoms. The number of carboxylic acid groups (broad SMARTS) is 1. The molecule has 0 aromatic carbocycles. The zero-order valence-corrected chi connectivity index (χ0v) is 12.4. The molecule has 3 unspecified atom stereocenters. The van der Waals surface area contributed by atoms with Crippen LogP contribution in [0.3, 0.4) is 0 Å². The van der Waals surface area contributed by atoms with E-state index in [0.717, 1.165) is 4.90 Å². The summed E-state index contributed by atoms with van der Waals surface area (Å²) >= 11 is 0. The average Bonchev–Trinajstić information content (AvgIpc) is 2.72. The molecule has 1 aliphatic heterocycles. The van der Waals surface area contributed by atoms with E-state index < -0.39 is 53.4 Å². The van der Waals surface area contributed by atoms with Crippen LogP contribution in [0.4, 0.5) is 18.0 Å². The minimum Gasteiger partial charge on any atom is -0.481 e. The summed E-state index contributed by atoms with van der Waals surface area (Å²) < 4.78 is 49.9. The summed E-state index contributed by atoms with van der Waals surface area (Å²) in [6.45, 7) is 0.364. The van der Waals surface area contributed by atoms with E-state index >= 15 is 0 Å². The fourth-order valence-corrected chi connectivity index (χ4v) is 2.99. The molecule has 2 amide bonds. The lowest BCUT2D eigenvalue weighted by molar-refractivity contribution is -0.226. The third-order valence-corrected chi connectivity index (χ3v) is 4.33. The summed E-state index contributed by atoms with van der Waals surface area (Å²) in [4.78, 5) is 23.6. The van der Waals surface area contributed by atoms with Crippen LogP contribution in [-0.4, -0.2) is 63.5 Å². The van der Waals surface area contributed by atoms with Gasteiger partial charge in [-0.25, -0.2) is 4.79 Å². The lowest BCUT2D eigenvalue weighted by Crippen LogP contribution is -2.50. The van der Waals surface area contributed by atoms with E-state index in [1.165, 1.54) is 6.26 Å². The zero-order chi connectivity index (χ0) is 16.4. The fraction of sp³-hybridized carbons (Fsp3) is 0.818. The van der Waals surface area contributed by atoms with E-state index in [2.05, 4.69) is 5.32 Å². The molecule has 0 saturated carbocycles. The molecule has 6 nitrogen and oxygen atoms in total. The van der Waals surface area contributed by atoms with Crippen molar-refractivity contribution in [1.82, 2.24) is 10.2 Å². The Labute approximate surface area is 122 Å². The molecule has 0 bridgehead atoms. The highest BCUT2D eigenvalue weighted by Gasteiger charge is 2.64. The Morgan fingerprint density at radius 1 is 1.48 bits per heavy atom. The van der Waals surface area contributed by atoms with Crippen molar-refractivity contribution in [3.8, 4) is 0 Å². The number of carbonyl (C=O) groups excluding carboxylic acids is 1. The summed E-state index contributed by atoms with van der Waals surface area (Å²) in [6.07, 6.45) is -4.16. The first-order valence-electron chi connectivity index (χ1n) is 6.15. The normalized spacial score (nSPS) is 25.5. The molecule has 0 aliphatic carbocycles. The van der Waals surface area contributed by atoms with Gasteiger partial charge >= 0.3 is 18.2 Å². The summed E-state index contributed by atoms with van der Waals surface area (Å²) in [7, 11) is -1.16. The second-order valence-corrected chi connectivity index (χ2v) is 6.63. The Balaban J connectivity index is 2.75. The predicted octanol–water partition coefficient (Wildman–Crippen LogP) is 0.802. The smallest absolute Gasteiger partial charge is 0.406 e. The molecule has 1 heterocycles. The highest BCUT2D eigenvalue weighted by Crippen LogP contribution is 2.45. The van der Waals surface area contributed by atoms with Crippen LogP contribution in [0, 0.1) is 5.41 Å². The number of carboxylic acids is 1. The average molecular weight is 330 g/mol. The number of alkyl halides is 3. The van der Waals surface area contributed by atoms with Crippen LogP contribution in [0.2, 0.25) is 0 Å². The van der Waals surface area contributed by atoms with Gasteiger partial charge in [0.1, 0.15) is 0 Å². The standard InChI is InChI=1S/C11H17F3N2O4S/c1-7(5-21(2)20)15-9(19)16-4-3-10(6-16,8(17)18)11(12,13)14/h7H,3-6H2,1-2H3,(H,15,19)(H,17,18). The van der Waals surface area contributed by atoms with Crippen molar-refractivity contribution < 1.29 is 32.1 Å². The summed E-state index contributed by atoms with van der Waals surface area (Å²) in [6, 6.07) is -1.26. The number of hydrogen-bond donors (Lipinski definition) is 2. The van der Waals surface area contributed by atoms with Crippen molar-refractivity contribution in [3.63, 3.8) is 0 Å². The Morgan fingerprint density at radius 2 is 2.05 bits per heavy atom. The third kappa shape index (κ3) is 3.86. The first-order chi connectivity index (χ1) is 9.49. The van der Waals surface area contributed by atoms with E-state index in [-0.39, 0.29) is 12.3 Å². The molecule has 122 valence electrons. The van der Waals surface area contributed by atoms with Gasteiger partial charge in [-0.3, -0.25) is 9.00 Å². The van der Waals surface area contributed by atoms with Gasteiger partial charge in [0.2, 0.25) is 0 Å². The quantitative estimate of drug-likeness (QED) is 0.798. The number of halogens is 3. The first kappa shape index (κ1) is 17.7. The Morgan fingerprint density at radius 3 is 2.43 bits per heavy atom. The van der Waals surface area contributed by atoms with Crippen LogP contribution in [0.15, 0.2) is 0 Å². The second kappa shape index (κ2) is 6.20. The van der Waals surface area contributed by atoms with Crippen molar-refractivity contribution >= 4 is 22.8 Å². The number of urea groups is 1. The topological polar surface area (TPSA) is 86.7 Å². The summed E-state index contributed by atoms with van der Waals surface area (Å²) in [5.74, 6) is -1.81. The maximum absolute atomic E-state index is 13.0. The molecule has 1 aliphatic rings. The third-order valence-electron chi connectivity index (χ3n) is 3.36. The SMILES string of the molecule is CC(CS(C)=O)NC(=O)N1CCC(C(=O)O)(C(F)(F)F)C1. The minimum absolute atomic E-state index is 0.170. The van der Waals surface area contributed by atoms with E-state index in [4.69, 9.17) is 5.11 Å². The highest BCUT2D eigenvalue weighted by atomic mass is 32.2. The van der Waals surface area contributed by atoms with Gasteiger partial charge in [-0.05, 0) is 13.3 Å². The Hall–Kier alpha value is -1.32. The molecule has 0 aromatic rings. The van der Waals surface area contributed by atoms with E-state index in [9.17, 15) is 27.0 Å². The van der Waals surface area contributed by atoms with Gasteiger partial charge in [-0.15, -0.1) is 0 Å². The number of nitrogens with zero attached hydrogens (tertiary/aromatic N) is 1. The number of hydrogen-bond acceptors (Lipinski definition) is 3. The summed E-state index contributed by atoms with van der Waals surface area (Å²) in [5.41, 5.74) is -2.92. The molecule has 10 heteroatoms. The lowest BCUT2D eigenvalue weighted by Gasteiger charge is -2.27. The van der Waals surface area contributed by atoms with E-state index in [0.29, 0.717) is 0 Å². The number of likely N-dealkylation sites (tertiary alicyclic amines) is 1. The molecule has 3 atom stereocenters. The molecule has 1 fully saturated rings. The molecule has 2 N–H and O–H groups in total. The molecule has 0 radical (unpaired) electrons. The Kier molecular flexibility index (Phi) is 5.24. The fourth-order valence-electron chi connectivity index (χ4n) is 2.21. The molecular weight excluding hydrogens is 313 g/mol. The summed E-state index contributed by atoms with van der Waals surface area (Å²) in [5, 5.41) is 11.3. The molecule has 1 saturated heterocycles. The number of nitrogens with one attached hydrogen (secondary N) is 1. The number of aliphatic carboxylic acids is 1. The van der Waals surface area contributed by atoms with E-state index in [1.807, 2.05) is 0 Å². The van der Waals surface area contributed by atoms with Gasteiger partial charge in [-0.1, -0.05) is 0 Å². The van der Waals surface area contributed by atoms with Crippen LogP contribution in [0.25, 0.3) is 0 Å². The van der Waals surface area contributed by atoms with Crippen LogP contribution in [0.1, 0.15) is 13.3 Å². The van der Waals surface area contributed by atoms with Crippen molar-refractivity contribution in [3.05, 3.63) is 0 Å². The van der Waals surface area contributed by atoms with Crippen LogP contribution < -0.4 is 5.32 Å². The maximum atomic E-state index is 13.0. The zero-order valence-electron chi connectivity index (χ0n) is 11.6. The van der Waals surface area contributed by atoms with Crippen LogP contribution >= 0.6 is 0 Å². The van der Waals surface area contributed by atoms with Gasteiger partial charge in [0.15, 0.2) is 5.41 Å². The van der Waals surface area contributed by atoms with Crippen molar-refractivity contribution in [2.45, 2.75) is 25.6 Å². The number of amides is 2. The molecule has 0 aromatic heterocycles. The molecule has 0 spiro atoms. The van der Waals surface area contributed by atoms with Crippen molar-refractivity contribution in [2.24, 2.45) is 5.41 Å². The van der Waals surface area contributed by atoms with Crippen LogP contribution in [-0.2, 0) is 15.6 Å². The van der Waals surface area contributed by atoms with Gasteiger partial charge < -0.3 is 15.3 Å². The van der Waals surface area contributed by atoms with Gasteiger partial charge in [0.05, 0.1) is 0 Å². The van der Waals surface area contributed by atoms with Crippen molar-refractivity contribution in [2.75, 3.05) is 25.1 Å². The van der Waals surface area contributed by atoms with Crippen molar-refractivity contribution in [1.29, 1.82) is 0 Å². The van der Waals surface area contributed by atoms with Crippen LogP contribution in [0.5, 0.6) is 0 Å². The second-order valence-electron chi connectivity index (χ2n) is 5.15. The largest absolute Gasteiger partial charge is 0.481 e. The lowest BCUT2D eigenvalue weighted by atomic mass is 9.86. The number of rotatable bonds is 4. The van der Waals surface area contributed by atoms with Gasteiger partial charge in [-0.2, -0.15) is 13.2 Å². The predicted molar refractivity (Wildman–Crippen MR) is 69.2 cm³/mol. The van der Waals surface area contributed by atoms with Gasteiger partial charge in [0.25, 0.3) is 0 Å². The number of carbonyl (C=O) groups is 2.